The molecule has 2 aliphatic heterocycles. The zero-order chi connectivity index (χ0) is 15.8. The number of nitrogens with zero attached hydrogens (tertiary/aromatic N) is 4. The predicted octanol–water partition coefficient (Wildman–Crippen LogP) is 1.71. The molecule has 0 bridgehead atoms. The molecule has 1 aromatic heterocycles. The molecule has 3 heterocycles. The minimum Gasteiger partial charge on any atom is -0.337 e. The van der Waals surface area contributed by atoms with E-state index in [9.17, 15) is 4.79 Å². The van der Waals surface area contributed by atoms with Gasteiger partial charge >= 0.3 is 0 Å². The van der Waals surface area contributed by atoms with Gasteiger partial charge in [0.2, 0.25) is 5.91 Å². The summed E-state index contributed by atoms with van der Waals surface area (Å²) in [5.41, 5.74) is 2.67. The van der Waals surface area contributed by atoms with Gasteiger partial charge in [0.15, 0.2) is 0 Å². The van der Waals surface area contributed by atoms with Crippen LogP contribution in [0.2, 0.25) is 0 Å². The summed E-state index contributed by atoms with van der Waals surface area (Å²) in [5.74, 6) is 0.249. The van der Waals surface area contributed by atoms with E-state index in [0.29, 0.717) is 6.04 Å². The van der Waals surface area contributed by atoms with E-state index in [1.165, 1.54) is 11.1 Å². The summed E-state index contributed by atoms with van der Waals surface area (Å²) in [6, 6.07) is 10.7. The van der Waals surface area contributed by atoms with Gasteiger partial charge in [0.05, 0.1) is 12.1 Å². The van der Waals surface area contributed by atoms with Gasteiger partial charge in [-0.05, 0) is 30.5 Å². The Labute approximate surface area is 136 Å². The van der Waals surface area contributed by atoms with Gasteiger partial charge in [-0.2, -0.15) is 5.10 Å². The number of likely N-dealkylation sites (tertiary alicyclic amines) is 1. The van der Waals surface area contributed by atoms with Crippen molar-refractivity contribution < 1.29 is 4.79 Å². The summed E-state index contributed by atoms with van der Waals surface area (Å²) in [6.45, 7) is 5.41. The summed E-state index contributed by atoms with van der Waals surface area (Å²) in [6.07, 6.45) is 4.77. The van der Waals surface area contributed by atoms with Gasteiger partial charge in [-0.3, -0.25) is 14.4 Å². The number of amides is 1. The Morgan fingerprint density at radius 2 is 2.00 bits per heavy atom. The molecule has 23 heavy (non-hydrogen) atoms. The van der Waals surface area contributed by atoms with Crippen LogP contribution >= 0.6 is 0 Å². The number of hydrogen-bond donors (Lipinski definition) is 0. The third kappa shape index (κ3) is 2.65. The molecule has 2 aromatic rings. The molecule has 1 saturated heterocycles. The third-order valence-corrected chi connectivity index (χ3v) is 5.14. The van der Waals surface area contributed by atoms with Crippen LogP contribution in [0.5, 0.6) is 0 Å². The average molecular weight is 310 g/mol. The monoisotopic (exact) mass is 310 g/mol. The molecular formula is C18H22N4O. The molecule has 1 atom stereocenters. The van der Waals surface area contributed by atoms with Gasteiger partial charge in [-0.1, -0.05) is 24.3 Å². The largest absolute Gasteiger partial charge is 0.337 e. The van der Waals surface area contributed by atoms with Crippen LogP contribution in [0.25, 0.3) is 0 Å². The highest BCUT2D eigenvalue weighted by Gasteiger charge is 2.36. The van der Waals surface area contributed by atoms with E-state index in [1.54, 1.807) is 0 Å². The zero-order valence-electron chi connectivity index (χ0n) is 13.4. The van der Waals surface area contributed by atoms with Gasteiger partial charge < -0.3 is 4.90 Å². The first-order valence-electron chi connectivity index (χ1n) is 8.31. The molecule has 5 nitrogen and oxygen atoms in total. The number of benzene rings is 1. The van der Waals surface area contributed by atoms with Crippen LogP contribution in [-0.4, -0.2) is 51.2 Å². The van der Waals surface area contributed by atoms with Crippen molar-refractivity contribution in [3.05, 3.63) is 53.9 Å². The first-order valence-corrected chi connectivity index (χ1v) is 8.31. The molecule has 1 aromatic carbocycles. The third-order valence-electron chi connectivity index (χ3n) is 5.14. The molecule has 2 aliphatic rings. The summed E-state index contributed by atoms with van der Waals surface area (Å²) >= 11 is 0. The van der Waals surface area contributed by atoms with Crippen LogP contribution in [0, 0.1) is 0 Å². The molecule has 0 spiro atoms. The fourth-order valence-corrected chi connectivity index (χ4v) is 3.57. The Balaban J connectivity index is 1.37. The quantitative estimate of drug-likeness (QED) is 0.867. The molecule has 0 unspecified atom stereocenters. The second-order valence-electron chi connectivity index (χ2n) is 6.55. The van der Waals surface area contributed by atoms with Crippen molar-refractivity contribution in [3.63, 3.8) is 0 Å². The fraction of sp³-hybridized carbons (Fsp3) is 0.444. The predicted molar refractivity (Wildman–Crippen MR) is 87.9 cm³/mol. The van der Waals surface area contributed by atoms with E-state index < -0.39 is 0 Å². The molecule has 0 N–H and O–H groups in total. The van der Waals surface area contributed by atoms with Gasteiger partial charge in [0.1, 0.15) is 0 Å². The van der Waals surface area contributed by atoms with Gasteiger partial charge in [-0.25, -0.2) is 0 Å². The Kier molecular flexibility index (Phi) is 3.65. The number of carbonyl (C=O) groups excluding carboxylic acids is 1. The van der Waals surface area contributed by atoms with Crippen LogP contribution in [0.4, 0.5) is 0 Å². The standard InChI is InChI=1S/C18H22N4O/c1-14(21-12-17(13-21)22-9-4-8-19-22)18(23)20-10-7-15-5-2-3-6-16(15)11-20/h2-6,8-9,14,17H,7,10-13H2,1H3/t14-/m0/s1. The summed E-state index contributed by atoms with van der Waals surface area (Å²) in [7, 11) is 0. The van der Waals surface area contributed by atoms with Crippen molar-refractivity contribution in [1.29, 1.82) is 0 Å². The number of carbonyl (C=O) groups is 1. The lowest BCUT2D eigenvalue weighted by Crippen LogP contribution is -2.57. The highest BCUT2D eigenvalue weighted by molar-refractivity contribution is 5.82. The van der Waals surface area contributed by atoms with E-state index >= 15 is 0 Å². The Morgan fingerprint density at radius 3 is 2.74 bits per heavy atom. The molecule has 4 rings (SSSR count). The van der Waals surface area contributed by atoms with Crippen molar-refractivity contribution in [2.45, 2.75) is 32.0 Å². The summed E-state index contributed by atoms with van der Waals surface area (Å²) in [5, 5.41) is 4.29. The Morgan fingerprint density at radius 1 is 1.22 bits per heavy atom. The molecule has 0 aliphatic carbocycles. The maximum atomic E-state index is 12.8. The Bertz CT molecular complexity index is 691. The number of hydrogen-bond acceptors (Lipinski definition) is 3. The van der Waals surface area contributed by atoms with Crippen LogP contribution in [0.3, 0.4) is 0 Å². The van der Waals surface area contributed by atoms with E-state index in [1.807, 2.05) is 35.0 Å². The topological polar surface area (TPSA) is 41.4 Å². The number of rotatable bonds is 3. The fourth-order valence-electron chi connectivity index (χ4n) is 3.57. The van der Waals surface area contributed by atoms with Crippen molar-refractivity contribution in [1.82, 2.24) is 19.6 Å². The number of aromatic nitrogens is 2. The van der Waals surface area contributed by atoms with Crippen molar-refractivity contribution >= 4 is 5.91 Å². The average Bonchev–Trinajstić information content (AvgIpc) is 3.06. The zero-order valence-corrected chi connectivity index (χ0v) is 13.4. The molecule has 1 fully saturated rings. The van der Waals surface area contributed by atoms with Crippen LogP contribution in [0.15, 0.2) is 42.7 Å². The van der Waals surface area contributed by atoms with Crippen LogP contribution in [-0.2, 0) is 17.8 Å². The highest BCUT2D eigenvalue weighted by Crippen LogP contribution is 2.25. The maximum absolute atomic E-state index is 12.8. The van der Waals surface area contributed by atoms with Crippen LogP contribution in [0.1, 0.15) is 24.1 Å². The van der Waals surface area contributed by atoms with Crippen molar-refractivity contribution in [2.75, 3.05) is 19.6 Å². The minimum atomic E-state index is -0.0490. The lowest BCUT2D eigenvalue weighted by molar-refractivity contribution is -0.140. The van der Waals surface area contributed by atoms with E-state index in [4.69, 9.17) is 0 Å². The highest BCUT2D eigenvalue weighted by atomic mass is 16.2. The summed E-state index contributed by atoms with van der Waals surface area (Å²) < 4.78 is 1.99. The molecule has 120 valence electrons. The van der Waals surface area contributed by atoms with E-state index in [0.717, 1.165) is 32.6 Å². The minimum absolute atomic E-state index is 0.0490. The normalized spacial score (nSPS) is 20.0. The second kappa shape index (κ2) is 5.81. The van der Waals surface area contributed by atoms with Crippen molar-refractivity contribution in [3.8, 4) is 0 Å². The smallest absolute Gasteiger partial charge is 0.239 e. The van der Waals surface area contributed by atoms with Gasteiger partial charge in [0.25, 0.3) is 0 Å². The second-order valence-corrected chi connectivity index (χ2v) is 6.55. The molecule has 0 saturated carbocycles. The summed E-state index contributed by atoms with van der Waals surface area (Å²) in [4.78, 5) is 17.1. The number of fused-ring (bicyclic) bond motifs is 1. The lowest BCUT2D eigenvalue weighted by atomic mass is 9.98. The maximum Gasteiger partial charge on any atom is 0.239 e. The first kappa shape index (κ1) is 14.5. The Hall–Kier alpha value is -2.14. The van der Waals surface area contributed by atoms with Gasteiger partial charge in [0, 0.05) is 38.6 Å². The first-order chi connectivity index (χ1) is 11.2. The lowest BCUT2D eigenvalue weighted by Gasteiger charge is -2.44. The van der Waals surface area contributed by atoms with E-state index in [-0.39, 0.29) is 11.9 Å². The van der Waals surface area contributed by atoms with E-state index in [2.05, 4.69) is 34.3 Å². The molecule has 5 heteroatoms. The van der Waals surface area contributed by atoms with Crippen LogP contribution < -0.4 is 0 Å². The molecular weight excluding hydrogens is 288 g/mol. The molecule has 0 radical (unpaired) electrons. The van der Waals surface area contributed by atoms with Gasteiger partial charge in [-0.15, -0.1) is 0 Å². The SMILES string of the molecule is C[C@@H](C(=O)N1CCc2ccccc2C1)N1CC(n2cccn2)C1. The van der Waals surface area contributed by atoms with Crippen molar-refractivity contribution in [2.24, 2.45) is 0 Å². The molecule has 1 amide bonds.